The molecule has 0 fully saturated rings. The first-order valence-corrected chi connectivity index (χ1v) is 11.9. The van der Waals surface area contributed by atoms with Gasteiger partial charge >= 0.3 is 15.6 Å². The summed E-state index contributed by atoms with van der Waals surface area (Å²) in [4.78, 5) is 0. The molecule has 0 bridgehead atoms. The Bertz CT molecular complexity index is 1250. The number of halogens is 3. The van der Waals surface area contributed by atoms with E-state index in [-0.39, 0.29) is 17.2 Å². The van der Waals surface area contributed by atoms with Crippen molar-refractivity contribution in [1.29, 1.82) is 0 Å². The van der Waals surface area contributed by atoms with Crippen molar-refractivity contribution in [2.45, 2.75) is 58.6 Å². The van der Waals surface area contributed by atoms with E-state index in [1.807, 2.05) is 11.7 Å². The summed E-state index contributed by atoms with van der Waals surface area (Å²) in [5.41, 5.74) is -1.69. The largest absolute Gasteiger partial charge is 0.523 e. The van der Waals surface area contributed by atoms with E-state index >= 15 is 0 Å². The van der Waals surface area contributed by atoms with Gasteiger partial charge in [-0.05, 0) is 43.3 Å². The summed E-state index contributed by atoms with van der Waals surface area (Å²) in [7, 11) is -3.84. The maximum Gasteiger partial charge on any atom is 0.523 e. The summed E-state index contributed by atoms with van der Waals surface area (Å²) >= 11 is 0. The molecule has 0 aromatic carbocycles. The third kappa shape index (κ3) is 4.37. The lowest BCUT2D eigenvalue weighted by molar-refractivity contribution is -0.0571. The SMILES string of the molecule is CC1=CC(c2nnc(-c3nn(C)c4c3CCC(C)(C)C4)o2)=CC(C)C1OS(=O)(=O)C(F)(F)F. The van der Waals surface area contributed by atoms with Crippen molar-refractivity contribution in [3.63, 3.8) is 0 Å². The van der Waals surface area contributed by atoms with Gasteiger partial charge in [-0.25, -0.2) is 0 Å². The van der Waals surface area contributed by atoms with Crippen LogP contribution in [0.3, 0.4) is 0 Å². The maximum atomic E-state index is 12.7. The maximum absolute atomic E-state index is 12.7. The van der Waals surface area contributed by atoms with Gasteiger partial charge in [-0.1, -0.05) is 26.8 Å². The van der Waals surface area contributed by atoms with Gasteiger partial charge < -0.3 is 4.42 Å². The van der Waals surface area contributed by atoms with Gasteiger partial charge in [0.2, 0.25) is 5.89 Å². The molecule has 2 aliphatic rings. The Morgan fingerprint density at radius 3 is 2.55 bits per heavy atom. The topological polar surface area (TPSA) is 100 Å². The van der Waals surface area contributed by atoms with Crippen molar-refractivity contribution in [2.75, 3.05) is 0 Å². The highest BCUT2D eigenvalue weighted by atomic mass is 32.2. The number of aryl methyl sites for hydroxylation is 1. The zero-order valence-electron chi connectivity index (χ0n) is 18.9. The highest BCUT2D eigenvalue weighted by molar-refractivity contribution is 7.87. The molecule has 180 valence electrons. The van der Waals surface area contributed by atoms with Crippen LogP contribution in [-0.2, 0) is 34.2 Å². The summed E-state index contributed by atoms with van der Waals surface area (Å²) in [6.07, 6.45) is 4.50. The Kier molecular flexibility index (Phi) is 5.59. The molecule has 0 aliphatic heterocycles. The molecule has 2 aromatic heterocycles. The van der Waals surface area contributed by atoms with E-state index in [9.17, 15) is 21.6 Å². The van der Waals surface area contributed by atoms with Gasteiger partial charge in [0.05, 0.1) is 0 Å². The highest BCUT2D eigenvalue weighted by Crippen LogP contribution is 2.39. The van der Waals surface area contributed by atoms with Gasteiger partial charge in [-0.3, -0.25) is 8.86 Å². The van der Waals surface area contributed by atoms with Crippen molar-refractivity contribution in [3.8, 4) is 11.6 Å². The van der Waals surface area contributed by atoms with Crippen molar-refractivity contribution in [2.24, 2.45) is 18.4 Å². The van der Waals surface area contributed by atoms with Crippen LogP contribution in [-0.4, -0.2) is 40.0 Å². The number of fused-ring (bicyclic) bond motifs is 1. The summed E-state index contributed by atoms with van der Waals surface area (Å²) in [6.45, 7) is 7.49. The van der Waals surface area contributed by atoms with Crippen LogP contribution in [0.1, 0.15) is 51.3 Å². The molecule has 0 saturated carbocycles. The number of hydrogen-bond acceptors (Lipinski definition) is 7. The third-order valence-corrected chi connectivity index (χ3v) is 7.14. The molecule has 2 atom stereocenters. The Balaban J connectivity index is 1.60. The van der Waals surface area contributed by atoms with Gasteiger partial charge in [0.25, 0.3) is 5.89 Å². The smallest absolute Gasteiger partial charge is 0.415 e. The number of nitrogens with zero attached hydrogens (tertiary/aromatic N) is 4. The second-order valence-electron chi connectivity index (χ2n) is 9.44. The van der Waals surface area contributed by atoms with Crippen LogP contribution in [0.4, 0.5) is 13.2 Å². The van der Waals surface area contributed by atoms with Crippen LogP contribution >= 0.6 is 0 Å². The van der Waals surface area contributed by atoms with Crippen LogP contribution in [0.15, 0.2) is 22.1 Å². The van der Waals surface area contributed by atoms with Gasteiger partial charge in [0.15, 0.2) is 5.69 Å². The molecule has 33 heavy (non-hydrogen) atoms. The zero-order valence-corrected chi connectivity index (χ0v) is 19.7. The molecular weight excluding hydrogens is 461 g/mol. The molecule has 4 rings (SSSR count). The van der Waals surface area contributed by atoms with Crippen molar-refractivity contribution >= 4 is 15.7 Å². The molecule has 2 heterocycles. The lowest BCUT2D eigenvalue weighted by Crippen LogP contribution is -2.34. The Labute approximate surface area is 189 Å². The summed E-state index contributed by atoms with van der Waals surface area (Å²) in [5.74, 6) is -0.245. The fraction of sp³-hybridized carbons (Fsp3) is 0.571. The first kappa shape index (κ1) is 23.7. The van der Waals surface area contributed by atoms with Gasteiger partial charge in [0, 0.05) is 29.8 Å². The van der Waals surface area contributed by atoms with E-state index in [2.05, 4.69) is 33.3 Å². The predicted molar refractivity (Wildman–Crippen MR) is 113 cm³/mol. The molecule has 0 radical (unpaired) electrons. The van der Waals surface area contributed by atoms with Gasteiger partial charge in [-0.15, -0.1) is 10.2 Å². The number of aromatic nitrogens is 4. The van der Waals surface area contributed by atoms with Crippen LogP contribution in [0.2, 0.25) is 0 Å². The summed E-state index contributed by atoms with van der Waals surface area (Å²) in [5, 5.41) is 12.8. The highest BCUT2D eigenvalue weighted by Gasteiger charge is 2.49. The van der Waals surface area contributed by atoms with Crippen molar-refractivity contribution in [1.82, 2.24) is 20.0 Å². The quantitative estimate of drug-likeness (QED) is 0.472. The fourth-order valence-electron chi connectivity index (χ4n) is 4.35. The minimum absolute atomic E-state index is 0.170. The van der Waals surface area contributed by atoms with Crippen molar-refractivity contribution in [3.05, 3.63) is 34.9 Å². The number of alkyl halides is 3. The Morgan fingerprint density at radius 2 is 1.91 bits per heavy atom. The monoisotopic (exact) mass is 486 g/mol. The van der Waals surface area contributed by atoms with E-state index in [0.29, 0.717) is 16.8 Å². The Morgan fingerprint density at radius 1 is 1.24 bits per heavy atom. The average molecular weight is 487 g/mol. The van der Waals surface area contributed by atoms with E-state index in [4.69, 9.17) is 4.42 Å². The lowest BCUT2D eigenvalue weighted by atomic mass is 9.76. The first-order chi connectivity index (χ1) is 15.2. The fourth-order valence-corrected chi connectivity index (χ4v) is 5.06. The third-order valence-electron chi connectivity index (χ3n) is 6.11. The van der Waals surface area contributed by atoms with E-state index in [1.54, 1.807) is 13.0 Å². The molecule has 8 nitrogen and oxygen atoms in total. The molecule has 2 aliphatic carbocycles. The van der Waals surface area contributed by atoms with Crippen LogP contribution in [0.5, 0.6) is 0 Å². The lowest BCUT2D eigenvalue weighted by Gasteiger charge is -2.29. The molecule has 0 amide bonds. The van der Waals surface area contributed by atoms with E-state index in [0.717, 1.165) is 30.5 Å². The molecule has 2 unspecified atom stereocenters. The molecule has 0 N–H and O–H groups in total. The first-order valence-electron chi connectivity index (χ1n) is 10.5. The van der Waals surface area contributed by atoms with Crippen LogP contribution in [0.25, 0.3) is 17.2 Å². The predicted octanol–water partition coefficient (Wildman–Crippen LogP) is 4.20. The van der Waals surface area contributed by atoms with Crippen LogP contribution in [0, 0.1) is 11.3 Å². The molecular formula is C21H25F3N4O4S. The number of hydrogen-bond donors (Lipinski definition) is 0. The normalized spacial score (nSPS) is 23.2. The average Bonchev–Trinajstić information content (AvgIpc) is 3.28. The second kappa shape index (κ2) is 7.79. The number of rotatable bonds is 4. The molecule has 0 spiro atoms. The minimum atomic E-state index is -5.72. The standard InChI is InChI=1S/C21H25F3N4O4S/c1-11-8-13(9-12(2)17(11)32-33(29,30)21(22,23)24)18-25-26-19(31-18)16-14-6-7-20(3,4)10-15(14)28(5)27-16/h8-9,11,17H,6-7,10H2,1-5H3. The minimum Gasteiger partial charge on any atom is -0.415 e. The van der Waals surface area contributed by atoms with Crippen LogP contribution < -0.4 is 0 Å². The zero-order chi connectivity index (χ0) is 24.3. The van der Waals surface area contributed by atoms with E-state index < -0.39 is 27.6 Å². The second-order valence-corrected chi connectivity index (χ2v) is 11.0. The number of allylic oxidation sites excluding steroid dienone is 2. The Hall–Kier alpha value is -2.47. The van der Waals surface area contributed by atoms with Gasteiger partial charge in [-0.2, -0.15) is 26.7 Å². The summed E-state index contributed by atoms with van der Waals surface area (Å²) in [6, 6.07) is 0. The molecule has 0 saturated heterocycles. The molecule has 2 aromatic rings. The summed E-state index contributed by atoms with van der Waals surface area (Å²) < 4.78 is 73.2. The van der Waals surface area contributed by atoms with Crippen molar-refractivity contribution < 1.29 is 30.2 Å². The van der Waals surface area contributed by atoms with Gasteiger partial charge in [0.1, 0.15) is 6.10 Å². The van der Waals surface area contributed by atoms with E-state index in [1.165, 1.54) is 13.0 Å². The molecule has 12 heteroatoms.